The largest absolute Gasteiger partial charge is 0.466 e. The normalized spacial score (nSPS) is 18.6. The van der Waals surface area contributed by atoms with Crippen LogP contribution in [-0.2, 0) is 9.53 Å². The van der Waals surface area contributed by atoms with Crippen LogP contribution in [0.4, 0.5) is 4.39 Å². The van der Waals surface area contributed by atoms with Crippen molar-refractivity contribution in [1.82, 2.24) is 0 Å². The molecular formula is C16H18ClFO2. The van der Waals surface area contributed by atoms with Crippen molar-refractivity contribution in [3.63, 3.8) is 0 Å². The fraction of sp³-hybridized carbons (Fsp3) is 0.438. The topological polar surface area (TPSA) is 26.3 Å². The first-order valence-electron chi connectivity index (χ1n) is 6.90. The molecule has 1 atom stereocenters. The lowest BCUT2D eigenvalue weighted by Gasteiger charge is -2.22. The molecule has 0 spiro atoms. The maximum atomic E-state index is 13.0. The Morgan fingerprint density at radius 3 is 2.90 bits per heavy atom. The van der Waals surface area contributed by atoms with Gasteiger partial charge in [0.05, 0.1) is 11.6 Å². The summed E-state index contributed by atoms with van der Waals surface area (Å²) in [7, 11) is 0. The molecule has 2 rings (SSSR count). The minimum Gasteiger partial charge on any atom is -0.466 e. The number of ether oxygens (including phenoxy) is 1. The molecule has 0 aromatic heterocycles. The summed E-state index contributed by atoms with van der Waals surface area (Å²) < 4.78 is 18.0. The number of rotatable bonds is 4. The van der Waals surface area contributed by atoms with E-state index in [1.54, 1.807) is 6.07 Å². The maximum Gasteiger partial charge on any atom is 0.306 e. The molecule has 0 saturated heterocycles. The molecule has 0 amide bonds. The van der Waals surface area contributed by atoms with Crippen LogP contribution < -0.4 is 0 Å². The Balaban J connectivity index is 2.00. The van der Waals surface area contributed by atoms with Crippen LogP contribution in [0.5, 0.6) is 0 Å². The zero-order chi connectivity index (χ0) is 14.5. The van der Waals surface area contributed by atoms with Gasteiger partial charge < -0.3 is 4.74 Å². The minimum atomic E-state index is -0.324. The van der Waals surface area contributed by atoms with Crippen molar-refractivity contribution in [2.75, 3.05) is 6.61 Å². The first-order valence-corrected chi connectivity index (χ1v) is 7.28. The summed E-state index contributed by atoms with van der Waals surface area (Å²) in [6.45, 7) is 2.24. The monoisotopic (exact) mass is 296 g/mol. The Morgan fingerprint density at radius 2 is 2.30 bits per heavy atom. The lowest BCUT2D eigenvalue weighted by Crippen LogP contribution is -2.13. The van der Waals surface area contributed by atoms with Crippen LogP contribution >= 0.6 is 11.6 Å². The van der Waals surface area contributed by atoms with Crippen LogP contribution in [0.1, 0.15) is 38.2 Å². The average molecular weight is 297 g/mol. The molecule has 20 heavy (non-hydrogen) atoms. The third kappa shape index (κ3) is 3.83. The summed E-state index contributed by atoms with van der Waals surface area (Å²) >= 11 is 6.07. The predicted octanol–water partition coefficient (Wildman–Crippen LogP) is 4.62. The first kappa shape index (κ1) is 15.0. The van der Waals surface area contributed by atoms with Gasteiger partial charge in [0, 0.05) is 6.42 Å². The van der Waals surface area contributed by atoms with Crippen molar-refractivity contribution in [3.05, 3.63) is 40.7 Å². The summed E-state index contributed by atoms with van der Waals surface area (Å²) in [6, 6.07) is 4.48. The molecule has 0 radical (unpaired) electrons. The molecule has 1 unspecified atom stereocenters. The number of esters is 1. The second-order valence-corrected chi connectivity index (χ2v) is 5.41. The summed E-state index contributed by atoms with van der Waals surface area (Å²) in [5.74, 6) is -0.124. The predicted molar refractivity (Wildman–Crippen MR) is 78.0 cm³/mol. The summed E-state index contributed by atoms with van der Waals surface area (Å²) in [5, 5.41) is 0.445. The van der Waals surface area contributed by atoms with Crippen molar-refractivity contribution in [1.29, 1.82) is 0 Å². The molecule has 108 valence electrons. The van der Waals surface area contributed by atoms with Crippen molar-refractivity contribution in [2.24, 2.45) is 5.92 Å². The van der Waals surface area contributed by atoms with Gasteiger partial charge in [0.25, 0.3) is 0 Å². The van der Waals surface area contributed by atoms with Crippen LogP contribution in [0.25, 0.3) is 5.57 Å². The van der Waals surface area contributed by atoms with Gasteiger partial charge in [0.2, 0.25) is 0 Å². The van der Waals surface area contributed by atoms with E-state index in [-0.39, 0.29) is 11.8 Å². The first-order chi connectivity index (χ1) is 9.60. The molecule has 2 nitrogen and oxygen atoms in total. The van der Waals surface area contributed by atoms with Crippen LogP contribution in [0.15, 0.2) is 24.3 Å². The maximum absolute atomic E-state index is 13.0. The van der Waals surface area contributed by atoms with Gasteiger partial charge in [0.1, 0.15) is 5.82 Å². The van der Waals surface area contributed by atoms with Crippen LogP contribution in [-0.4, -0.2) is 12.6 Å². The van der Waals surface area contributed by atoms with Gasteiger partial charge in [-0.25, -0.2) is 4.39 Å². The van der Waals surface area contributed by atoms with Gasteiger partial charge in [-0.2, -0.15) is 0 Å². The van der Waals surface area contributed by atoms with E-state index in [9.17, 15) is 9.18 Å². The van der Waals surface area contributed by atoms with Gasteiger partial charge in [0.15, 0.2) is 0 Å². The molecule has 1 aromatic carbocycles. The summed E-state index contributed by atoms with van der Waals surface area (Å²) in [5.41, 5.74) is 2.03. The molecule has 4 heteroatoms. The third-order valence-corrected chi connectivity index (χ3v) is 3.87. The minimum absolute atomic E-state index is 0.130. The van der Waals surface area contributed by atoms with Crippen LogP contribution in [0.2, 0.25) is 5.02 Å². The average Bonchev–Trinajstić information content (AvgIpc) is 2.40. The van der Waals surface area contributed by atoms with E-state index in [2.05, 4.69) is 6.08 Å². The lowest BCUT2D eigenvalue weighted by atomic mass is 9.85. The Kier molecular flexibility index (Phi) is 5.18. The molecule has 0 saturated carbocycles. The van der Waals surface area contributed by atoms with Crippen molar-refractivity contribution >= 4 is 23.1 Å². The second-order valence-electron chi connectivity index (χ2n) is 5.00. The van der Waals surface area contributed by atoms with E-state index >= 15 is 0 Å². The van der Waals surface area contributed by atoms with E-state index < -0.39 is 0 Å². The summed E-state index contributed by atoms with van der Waals surface area (Å²) in [6.07, 6.45) is 5.19. The molecular weight excluding hydrogens is 279 g/mol. The van der Waals surface area contributed by atoms with E-state index in [1.165, 1.54) is 12.1 Å². The number of carbonyl (C=O) groups excluding carboxylic acids is 1. The van der Waals surface area contributed by atoms with Gasteiger partial charge in [-0.15, -0.1) is 0 Å². The Bertz CT molecular complexity index is 525. The molecule has 1 aromatic rings. The number of allylic oxidation sites excluding steroid dienone is 2. The Labute approximate surface area is 123 Å². The Morgan fingerprint density at radius 1 is 1.50 bits per heavy atom. The highest BCUT2D eigenvalue weighted by Gasteiger charge is 2.20. The van der Waals surface area contributed by atoms with Gasteiger partial charge in [-0.1, -0.05) is 23.7 Å². The number of hydrogen-bond acceptors (Lipinski definition) is 2. The van der Waals surface area contributed by atoms with Crippen LogP contribution in [0, 0.1) is 11.7 Å². The number of carbonyl (C=O) groups is 1. The molecule has 0 heterocycles. The van der Waals surface area contributed by atoms with E-state index in [1.807, 2.05) is 6.92 Å². The van der Waals surface area contributed by atoms with Gasteiger partial charge in [-0.05, 0) is 55.4 Å². The fourth-order valence-corrected chi connectivity index (χ4v) is 2.81. The zero-order valence-corrected chi connectivity index (χ0v) is 12.3. The molecule has 0 aliphatic heterocycles. The Hall–Kier alpha value is -1.35. The third-order valence-electron chi connectivity index (χ3n) is 3.56. The molecule has 1 aliphatic carbocycles. The molecule has 0 bridgehead atoms. The standard InChI is InChI=1S/C16H18ClFO2/c1-2-20-16(19)9-11-3-5-12(6-4-11)14-8-7-13(18)10-15(14)17/h5,7-8,10-11H,2-4,6,9H2,1H3. The molecule has 0 N–H and O–H groups in total. The molecule has 1 aliphatic rings. The summed E-state index contributed by atoms with van der Waals surface area (Å²) in [4.78, 5) is 11.4. The highest BCUT2D eigenvalue weighted by Crippen LogP contribution is 2.35. The second kappa shape index (κ2) is 6.89. The van der Waals surface area contributed by atoms with Crippen molar-refractivity contribution < 1.29 is 13.9 Å². The smallest absolute Gasteiger partial charge is 0.306 e. The highest BCUT2D eigenvalue weighted by atomic mass is 35.5. The van der Waals surface area contributed by atoms with E-state index in [4.69, 9.17) is 16.3 Å². The zero-order valence-electron chi connectivity index (χ0n) is 11.5. The lowest BCUT2D eigenvalue weighted by molar-refractivity contribution is -0.144. The van der Waals surface area contributed by atoms with E-state index in [0.29, 0.717) is 24.0 Å². The van der Waals surface area contributed by atoms with Crippen LogP contribution in [0.3, 0.4) is 0 Å². The number of benzene rings is 1. The SMILES string of the molecule is CCOC(=O)CC1CC=C(c2ccc(F)cc2Cl)CC1. The fourth-order valence-electron chi connectivity index (χ4n) is 2.52. The number of hydrogen-bond donors (Lipinski definition) is 0. The molecule has 0 fully saturated rings. The van der Waals surface area contributed by atoms with E-state index in [0.717, 1.165) is 30.4 Å². The highest BCUT2D eigenvalue weighted by molar-refractivity contribution is 6.32. The van der Waals surface area contributed by atoms with Crippen molar-refractivity contribution in [3.8, 4) is 0 Å². The number of halogens is 2. The van der Waals surface area contributed by atoms with Gasteiger partial charge in [-0.3, -0.25) is 4.79 Å². The van der Waals surface area contributed by atoms with Gasteiger partial charge >= 0.3 is 5.97 Å². The quantitative estimate of drug-likeness (QED) is 0.758. The van der Waals surface area contributed by atoms with Crippen molar-refractivity contribution in [2.45, 2.75) is 32.6 Å².